The van der Waals surface area contributed by atoms with Crippen molar-refractivity contribution < 1.29 is 52.4 Å². The Labute approximate surface area is 617 Å². The van der Waals surface area contributed by atoms with Crippen molar-refractivity contribution in [2.45, 2.75) is 56.5 Å². The van der Waals surface area contributed by atoms with E-state index < -0.39 is 41.3 Å². The summed E-state index contributed by atoms with van der Waals surface area (Å²) < 4.78 is 44.4. The van der Waals surface area contributed by atoms with Crippen LogP contribution in [0.3, 0.4) is 0 Å². The smallest absolute Gasteiger partial charge is 0.338 e. The summed E-state index contributed by atoms with van der Waals surface area (Å²) in [5.74, 6) is -0.452. The molecule has 0 unspecified atom stereocenters. The molecule has 0 saturated carbocycles. The van der Waals surface area contributed by atoms with Crippen molar-refractivity contribution in [1.29, 1.82) is 0 Å². The molecule has 0 spiro atoms. The van der Waals surface area contributed by atoms with E-state index in [0.29, 0.717) is 122 Å². The fraction of sp³-hybridized carbons (Fsp3) is 0.273. The number of nitrogens with one attached hydrogen (secondary N) is 2. The zero-order valence-electron chi connectivity index (χ0n) is 57.3. The predicted octanol–water partition coefficient (Wildman–Crippen LogP) is 13.7. The number of halogens is 4. The summed E-state index contributed by atoms with van der Waals surface area (Å²) in [7, 11) is 2.62. The zero-order valence-corrected chi connectivity index (χ0v) is 60.4. The predicted molar refractivity (Wildman–Crippen MR) is 400 cm³/mol. The van der Waals surface area contributed by atoms with E-state index in [9.17, 15) is 38.2 Å². The van der Waals surface area contributed by atoms with Crippen molar-refractivity contribution in [3.63, 3.8) is 0 Å². The Hall–Kier alpha value is -10.3. The molecule has 4 N–H and O–H groups in total. The average molecular weight is 1480 g/mol. The Morgan fingerprint density at radius 3 is 1.38 bits per heavy atom. The summed E-state index contributed by atoms with van der Waals surface area (Å²) in [5.41, 5.74) is 8.59. The number of hydrogen-bond donors (Lipinski definition) is 4. The lowest BCUT2D eigenvalue weighted by Gasteiger charge is -2.38. The minimum atomic E-state index is -0.908. The van der Waals surface area contributed by atoms with E-state index in [-0.39, 0.29) is 56.9 Å². The molecule has 27 heteroatoms. The van der Waals surface area contributed by atoms with Gasteiger partial charge in [-0.25, -0.2) is 37.9 Å². The molecule has 6 aliphatic heterocycles. The normalized spacial score (nSPS) is 19.1. The zero-order chi connectivity index (χ0) is 73.1. The number of rotatable bonds is 20. The summed E-state index contributed by atoms with van der Waals surface area (Å²) in [6, 6.07) is 37.8. The van der Waals surface area contributed by atoms with Gasteiger partial charge in [0, 0.05) is 139 Å². The Morgan fingerprint density at radius 2 is 1.01 bits per heavy atom. The molecule has 6 aliphatic rings. The highest BCUT2D eigenvalue weighted by Crippen LogP contribution is 2.41. The van der Waals surface area contributed by atoms with Gasteiger partial charge in [-0.2, -0.15) is 0 Å². The standard InChI is InChI=1S/C39H38ClFN6O5S.C38H36ClFN6O4S/c1-23(48)39(2,3)52-29-12-7-25(8-13-29)24-5-10-27(11-6-24)47-21-28-20-45(16-17-46(28)38(47)50)22-32-33(37(49)51-4)34(30-14-9-26(41)19-31(30)40)44-35(43-32)36-42-15-18-53-36;1-23(47)3-4-24-5-7-25(8-6-24)26-9-12-28(13-10-26)46-21-29-20-44(16-17-45(29)38(46)49)22-32-33(37(48)50-2)34(30-14-11-27(40)19-31(30)39)43-35(42-32)36-41-15-18-51-36/h5-15,18-19,28,34,48H,1,16-17,20-22H2,2-4H3,(H,43,44);5-15,18-19,29,34,47H,1,3-4,16-17,20-22H2,2H3,(H,42,43)/t28-,34-;29-,34-/m00/s1. The summed E-state index contributed by atoms with van der Waals surface area (Å²) >= 11 is 15.8. The molecule has 8 aromatic rings. The first-order valence-corrected chi connectivity index (χ1v) is 36.1. The van der Waals surface area contributed by atoms with Crippen LogP contribution >= 0.6 is 45.9 Å². The van der Waals surface area contributed by atoms with E-state index in [2.05, 4.69) is 67.8 Å². The molecule has 4 saturated heterocycles. The number of amides is 4. The van der Waals surface area contributed by atoms with Gasteiger partial charge in [0.1, 0.15) is 35.2 Å². The van der Waals surface area contributed by atoms with E-state index in [1.807, 2.05) is 98.3 Å². The Balaban J connectivity index is 0.000000185. The highest BCUT2D eigenvalue weighted by Gasteiger charge is 2.45. The number of allylic oxidation sites excluding steroid dienone is 1. The molecule has 6 aromatic carbocycles. The molecule has 0 aliphatic carbocycles. The van der Waals surface area contributed by atoms with Crippen molar-refractivity contribution >= 4 is 92.9 Å². The van der Waals surface area contributed by atoms with Gasteiger partial charge in [-0.3, -0.25) is 29.6 Å². The lowest BCUT2D eigenvalue weighted by Crippen LogP contribution is -2.53. The maximum Gasteiger partial charge on any atom is 0.338 e. The number of methoxy groups -OCH3 is 2. The van der Waals surface area contributed by atoms with Crippen molar-refractivity contribution in [3.05, 3.63) is 252 Å². The van der Waals surface area contributed by atoms with E-state index in [1.165, 1.54) is 73.3 Å². The number of aliphatic hydroxyl groups is 2. The van der Waals surface area contributed by atoms with Crippen LogP contribution in [0.5, 0.6) is 5.75 Å². The van der Waals surface area contributed by atoms with Gasteiger partial charge in [-0.1, -0.05) is 109 Å². The number of benzene rings is 6. The van der Waals surface area contributed by atoms with Crippen LogP contribution in [0.25, 0.3) is 22.3 Å². The number of aromatic nitrogens is 2. The van der Waals surface area contributed by atoms with Gasteiger partial charge in [0.05, 0.1) is 43.2 Å². The molecule has 4 fully saturated rings. The van der Waals surface area contributed by atoms with Crippen molar-refractivity contribution in [2.75, 3.05) is 89.5 Å². The molecule has 4 amide bonds. The van der Waals surface area contributed by atoms with Crippen LogP contribution < -0.4 is 25.2 Å². The number of carbonyl (C=O) groups is 4. The van der Waals surface area contributed by atoms with Crippen LogP contribution in [0.1, 0.15) is 59.1 Å². The first-order chi connectivity index (χ1) is 50.1. The maximum atomic E-state index is 14.1. The summed E-state index contributed by atoms with van der Waals surface area (Å²) in [5, 5.41) is 31.1. The Morgan fingerprint density at radius 1 is 0.596 bits per heavy atom. The highest BCUT2D eigenvalue weighted by molar-refractivity contribution is 7.12. The van der Waals surface area contributed by atoms with Gasteiger partial charge in [-0.15, -0.1) is 22.7 Å². The molecule has 536 valence electrons. The number of piperazine rings is 2. The number of aryl methyl sites for hydroxylation is 1. The van der Waals surface area contributed by atoms with Crippen LogP contribution in [0.2, 0.25) is 10.0 Å². The number of urea groups is 2. The number of thiazole rings is 2. The van der Waals surface area contributed by atoms with Gasteiger partial charge in [-0.05, 0) is 109 Å². The van der Waals surface area contributed by atoms with Crippen LogP contribution in [-0.4, -0.2) is 173 Å². The topological polar surface area (TPSA) is 230 Å². The van der Waals surface area contributed by atoms with Gasteiger partial charge in [0.2, 0.25) is 0 Å². The Bertz CT molecular complexity index is 4720. The first kappa shape index (κ1) is 72.1. The van der Waals surface area contributed by atoms with Crippen molar-refractivity contribution in [1.82, 2.24) is 40.2 Å². The van der Waals surface area contributed by atoms with Crippen LogP contribution in [-0.2, 0) is 25.5 Å². The number of ether oxygens (including phenoxy) is 3. The second-order valence-electron chi connectivity index (χ2n) is 26.2. The lowest BCUT2D eigenvalue weighted by molar-refractivity contribution is -0.137. The number of esters is 2. The number of aliphatic imine (C=N–C) groups is 2. The third kappa shape index (κ3) is 15.6. The van der Waals surface area contributed by atoms with Crippen LogP contribution in [0.4, 0.5) is 29.7 Å². The van der Waals surface area contributed by atoms with Gasteiger partial charge in [0.15, 0.2) is 27.3 Å². The summed E-state index contributed by atoms with van der Waals surface area (Å²) in [6.45, 7) is 15.7. The largest absolute Gasteiger partial charge is 0.513 e. The molecule has 0 bridgehead atoms. The van der Waals surface area contributed by atoms with Crippen molar-refractivity contribution in [2.24, 2.45) is 9.98 Å². The molecule has 21 nitrogen and oxygen atoms in total. The third-order valence-electron chi connectivity index (χ3n) is 19.1. The monoisotopic (exact) mass is 1480 g/mol. The summed E-state index contributed by atoms with van der Waals surface area (Å²) in [4.78, 5) is 84.4. The average Bonchev–Trinajstić information content (AvgIpc) is 0.851. The first-order valence-electron chi connectivity index (χ1n) is 33.6. The number of amidine groups is 2. The van der Waals surface area contributed by atoms with Crippen LogP contribution in [0, 0.1) is 11.6 Å². The van der Waals surface area contributed by atoms with Crippen molar-refractivity contribution in [3.8, 4) is 28.0 Å². The highest BCUT2D eigenvalue weighted by atomic mass is 35.5. The molecule has 4 atom stereocenters. The fourth-order valence-corrected chi connectivity index (χ4v) is 15.3. The number of nitrogens with zero attached hydrogens (tertiary/aromatic N) is 10. The van der Waals surface area contributed by atoms with Crippen LogP contribution in [0.15, 0.2) is 214 Å². The molecular weight excluding hydrogens is 1410 g/mol. The minimum Gasteiger partial charge on any atom is -0.513 e. The van der Waals surface area contributed by atoms with E-state index in [4.69, 9.17) is 47.4 Å². The van der Waals surface area contributed by atoms with Gasteiger partial charge >= 0.3 is 24.0 Å². The molecule has 0 radical (unpaired) electrons. The second-order valence-corrected chi connectivity index (χ2v) is 28.8. The molecular formula is C77H74Cl2F2N12O9S2. The summed E-state index contributed by atoms with van der Waals surface area (Å²) in [6.07, 6.45) is 4.61. The molecule has 14 rings (SSSR count). The number of anilines is 2. The number of hydrogen-bond acceptors (Lipinski definition) is 19. The second kappa shape index (κ2) is 31.0. The fourth-order valence-electron chi connectivity index (χ4n) is 13.5. The Kier molecular flexibility index (Phi) is 21.5. The SMILES string of the molecule is C=C(O)C(C)(C)Oc1ccc(-c2ccc(N3C[C@@H]4CN(CC5=C(C(=O)OC)[C@H](c6ccc(F)cc6Cl)N=C(c6nccs6)N5)CCN4C3=O)cc2)cc1.C=C(O)CCc1ccc(-c2ccc(N3C[C@@H]4CN(CC5=C(C(=O)OC)[C@H](c6ccc(F)cc6Cl)N=C(c6nccs6)N5)CCN4C3=O)cc2)cc1. The lowest BCUT2D eigenvalue weighted by atomic mass is 9.95. The number of carbonyl (C=O) groups excluding carboxylic acids is 4. The number of fused-ring (bicyclic) bond motifs is 2. The molecule has 8 heterocycles. The van der Waals surface area contributed by atoms with Gasteiger partial charge in [0.25, 0.3) is 0 Å². The van der Waals surface area contributed by atoms with E-state index in [0.717, 1.165) is 45.6 Å². The maximum absolute atomic E-state index is 14.1. The van der Waals surface area contributed by atoms with E-state index >= 15 is 0 Å². The van der Waals surface area contributed by atoms with Gasteiger partial charge < -0.3 is 44.9 Å². The third-order valence-corrected chi connectivity index (χ3v) is 21.3. The van der Waals surface area contributed by atoms with E-state index in [1.54, 1.807) is 31.1 Å². The molecule has 2 aromatic heterocycles. The minimum absolute atomic E-state index is 0.0308. The number of aliphatic hydroxyl groups excluding tert-OH is 2. The molecule has 104 heavy (non-hydrogen) atoms. The quantitative estimate of drug-likeness (QED) is 0.0411.